The summed E-state index contributed by atoms with van der Waals surface area (Å²) in [7, 11) is 1.57. The van der Waals surface area contributed by atoms with Gasteiger partial charge in [0, 0.05) is 20.0 Å². The fourth-order valence-electron chi connectivity index (χ4n) is 3.11. The molecule has 5 heteroatoms. The molecule has 0 amide bonds. The maximum absolute atomic E-state index is 10.4. The molecule has 132 valence electrons. The molecule has 1 N–H and O–H groups in total. The van der Waals surface area contributed by atoms with Gasteiger partial charge in [-0.15, -0.1) is 11.8 Å². The van der Waals surface area contributed by atoms with Crippen molar-refractivity contribution >= 4 is 0 Å². The average molecular weight is 326 g/mol. The Morgan fingerprint density at radius 3 is 2.57 bits per heavy atom. The van der Waals surface area contributed by atoms with Gasteiger partial charge in [0.05, 0.1) is 6.10 Å². The van der Waals surface area contributed by atoms with Crippen LogP contribution in [0, 0.1) is 11.8 Å². The Morgan fingerprint density at radius 1 is 1.13 bits per heavy atom. The van der Waals surface area contributed by atoms with Gasteiger partial charge in [-0.2, -0.15) is 0 Å². The van der Waals surface area contributed by atoms with Crippen molar-refractivity contribution in [1.82, 2.24) is 0 Å². The highest BCUT2D eigenvalue weighted by atomic mass is 16.8. The second-order valence-corrected chi connectivity index (χ2v) is 6.71. The number of aliphatic hydroxyl groups is 1. The number of hydrogen-bond acceptors (Lipinski definition) is 5. The molecule has 2 saturated heterocycles. The fourth-order valence-corrected chi connectivity index (χ4v) is 3.11. The van der Waals surface area contributed by atoms with E-state index < -0.39 is 24.3 Å². The molecule has 0 aromatic carbocycles. The third-order valence-corrected chi connectivity index (χ3v) is 4.25. The van der Waals surface area contributed by atoms with E-state index in [4.69, 9.17) is 18.9 Å². The van der Waals surface area contributed by atoms with Gasteiger partial charge < -0.3 is 24.1 Å². The minimum Gasteiger partial charge on any atom is -0.389 e. The Bertz CT molecular complexity index is 425. The second-order valence-electron chi connectivity index (χ2n) is 6.71. The Balaban J connectivity index is 1.82. The third-order valence-electron chi connectivity index (χ3n) is 4.25. The zero-order valence-electron chi connectivity index (χ0n) is 14.7. The van der Waals surface area contributed by atoms with Crippen molar-refractivity contribution in [3.05, 3.63) is 0 Å². The molecule has 0 aliphatic carbocycles. The van der Waals surface area contributed by atoms with Crippen molar-refractivity contribution in [3.8, 4) is 11.8 Å². The van der Waals surface area contributed by atoms with Crippen molar-refractivity contribution in [2.75, 3.05) is 7.11 Å². The molecule has 0 bridgehead atoms. The summed E-state index contributed by atoms with van der Waals surface area (Å²) in [4.78, 5) is 0. The van der Waals surface area contributed by atoms with Crippen LogP contribution in [0.3, 0.4) is 0 Å². The van der Waals surface area contributed by atoms with Gasteiger partial charge in [0.25, 0.3) is 0 Å². The van der Waals surface area contributed by atoms with E-state index in [1.54, 1.807) is 7.11 Å². The number of aliphatic hydroxyl groups excluding tert-OH is 1. The number of unbranched alkanes of at least 4 members (excludes halogenated alkanes) is 4. The van der Waals surface area contributed by atoms with Crippen molar-refractivity contribution in [3.63, 3.8) is 0 Å². The Morgan fingerprint density at radius 2 is 1.87 bits per heavy atom. The number of fused-ring (bicyclic) bond motifs is 1. The molecule has 23 heavy (non-hydrogen) atoms. The van der Waals surface area contributed by atoms with Crippen LogP contribution in [0.15, 0.2) is 0 Å². The van der Waals surface area contributed by atoms with E-state index in [1.165, 1.54) is 19.3 Å². The van der Waals surface area contributed by atoms with Crippen LogP contribution in [0.5, 0.6) is 0 Å². The highest BCUT2D eigenvalue weighted by molar-refractivity contribution is 5.05. The van der Waals surface area contributed by atoms with Crippen molar-refractivity contribution in [2.24, 2.45) is 0 Å². The quantitative estimate of drug-likeness (QED) is 0.576. The summed E-state index contributed by atoms with van der Waals surface area (Å²) in [6.45, 7) is 5.91. The minimum atomic E-state index is -0.705. The molecular weight excluding hydrogens is 296 g/mol. The summed E-state index contributed by atoms with van der Waals surface area (Å²) < 4.78 is 22.8. The Hall–Kier alpha value is -0.640. The van der Waals surface area contributed by atoms with Gasteiger partial charge in [-0.3, -0.25) is 0 Å². The Kier molecular flexibility index (Phi) is 6.87. The number of ether oxygens (including phenoxy) is 4. The summed E-state index contributed by atoms with van der Waals surface area (Å²) in [6.07, 6.45) is 3.78. The summed E-state index contributed by atoms with van der Waals surface area (Å²) in [5.74, 6) is 5.50. The van der Waals surface area contributed by atoms with Gasteiger partial charge >= 0.3 is 0 Å². The summed E-state index contributed by atoms with van der Waals surface area (Å²) in [5, 5.41) is 10.4. The van der Waals surface area contributed by atoms with Gasteiger partial charge in [0.1, 0.15) is 18.3 Å². The number of rotatable bonds is 7. The van der Waals surface area contributed by atoms with E-state index in [-0.39, 0.29) is 12.2 Å². The summed E-state index contributed by atoms with van der Waals surface area (Å²) in [5.41, 5.74) is 0. The van der Waals surface area contributed by atoms with Crippen LogP contribution in [0.1, 0.15) is 59.3 Å². The van der Waals surface area contributed by atoms with Gasteiger partial charge in [-0.1, -0.05) is 26.2 Å². The predicted molar refractivity (Wildman–Crippen MR) is 86.7 cm³/mol. The van der Waals surface area contributed by atoms with E-state index in [9.17, 15) is 5.11 Å². The molecule has 2 rings (SSSR count). The van der Waals surface area contributed by atoms with Gasteiger partial charge in [-0.05, 0) is 20.3 Å². The average Bonchev–Trinajstić information content (AvgIpc) is 2.98. The highest BCUT2D eigenvalue weighted by Gasteiger charge is 2.57. The third kappa shape index (κ3) is 4.91. The van der Waals surface area contributed by atoms with E-state index >= 15 is 0 Å². The smallest absolute Gasteiger partial charge is 0.186 e. The molecule has 2 heterocycles. The lowest BCUT2D eigenvalue weighted by atomic mass is 10.0. The van der Waals surface area contributed by atoms with Gasteiger partial charge in [0.2, 0.25) is 0 Å². The van der Waals surface area contributed by atoms with Crippen molar-refractivity contribution in [1.29, 1.82) is 0 Å². The lowest BCUT2D eigenvalue weighted by molar-refractivity contribution is -0.236. The SMILES string of the molecule is CCCCCCC#CC[C@@H](O)[C@H]1O[C@H](OC)[C@H]2OC(C)(C)O[C@H]21. The lowest BCUT2D eigenvalue weighted by Crippen LogP contribution is -2.38. The fraction of sp³-hybridized carbons (Fsp3) is 0.889. The van der Waals surface area contributed by atoms with Crippen molar-refractivity contribution < 1.29 is 24.1 Å². The second kappa shape index (κ2) is 8.46. The molecule has 0 aromatic heterocycles. The van der Waals surface area contributed by atoms with Crippen LogP contribution in [-0.2, 0) is 18.9 Å². The van der Waals surface area contributed by atoms with E-state index in [1.807, 2.05) is 13.8 Å². The van der Waals surface area contributed by atoms with Gasteiger partial charge in [0.15, 0.2) is 12.1 Å². The van der Waals surface area contributed by atoms with Crippen LogP contribution in [0.4, 0.5) is 0 Å². The molecule has 2 aliphatic heterocycles. The van der Waals surface area contributed by atoms with E-state index in [0.717, 1.165) is 12.8 Å². The molecule has 2 aliphatic rings. The van der Waals surface area contributed by atoms with Crippen LogP contribution in [-0.4, -0.2) is 48.7 Å². The molecule has 5 nitrogen and oxygen atoms in total. The maximum Gasteiger partial charge on any atom is 0.186 e. The first kappa shape index (κ1) is 18.7. The standard InChI is InChI=1S/C18H30O5/c1-5-6-7-8-9-10-11-12-13(19)14-15-16(17(20-4)21-14)23-18(2,3)22-15/h13-17,19H,5-9,12H2,1-4H3/t13-,14-,15+,16+,17+/m1/s1. The zero-order valence-corrected chi connectivity index (χ0v) is 14.7. The molecule has 0 spiro atoms. The predicted octanol–water partition coefficient (Wildman–Crippen LogP) is 2.60. The van der Waals surface area contributed by atoms with E-state index in [2.05, 4.69) is 18.8 Å². The summed E-state index contributed by atoms with van der Waals surface area (Å²) >= 11 is 0. The first-order valence-electron chi connectivity index (χ1n) is 8.66. The largest absolute Gasteiger partial charge is 0.389 e. The molecule has 2 fully saturated rings. The zero-order chi connectivity index (χ0) is 16.9. The highest BCUT2D eigenvalue weighted by Crippen LogP contribution is 2.40. The minimum absolute atomic E-state index is 0.309. The Labute approximate surface area is 139 Å². The molecule has 0 saturated carbocycles. The normalized spacial score (nSPS) is 33.1. The molecule has 5 atom stereocenters. The number of hydrogen-bond donors (Lipinski definition) is 1. The monoisotopic (exact) mass is 326 g/mol. The molecule has 0 radical (unpaired) electrons. The molecule has 0 aromatic rings. The number of methoxy groups -OCH3 is 1. The van der Waals surface area contributed by atoms with Crippen LogP contribution in [0.25, 0.3) is 0 Å². The first-order chi connectivity index (χ1) is 11.0. The van der Waals surface area contributed by atoms with Crippen LogP contribution >= 0.6 is 0 Å². The van der Waals surface area contributed by atoms with Crippen LogP contribution < -0.4 is 0 Å². The van der Waals surface area contributed by atoms with Crippen LogP contribution in [0.2, 0.25) is 0 Å². The van der Waals surface area contributed by atoms with Crippen molar-refractivity contribution in [2.45, 2.75) is 95.8 Å². The first-order valence-corrected chi connectivity index (χ1v) is 8.66. The molecule has 0 unspecified atom stereocenters. The van der Waals surface area contributed by atoms with E-state index in [0.29, 0.717) is 6.42 Å². The maximum atomic E-state index is 10.4. The van der Waals surface area contributed by atoms with Gasteiger partial charge in [-0.25, -0.2) is 0 Å². The topological polar surface area (TPSA) is 57.2 Å². The lowest BCUT2D eigenvalue weighted by Gasteiger charge is -2.25. The summed E-state index contributed by atoms with van der Waals surface area (Å²) in [6, 6.07) is 0. The molecular formula is C18H30O5.